The fourth-order valence-electron chi connectivity index (χ4n) is 1.27. The zero-order valence-corrected chi connectivity index (χ0v) is 10.1. The molecule has 16 heavy (non-hydrogen) atoms. The van der Waals surface area contributed by atoms with Crippen LogP contribution in [0.25, 0.3) is 0 Å². The van der Waals surface area contributed by atoms with Gasteiger partial charge in [0.1, 0.15) is 5.82 Å². The zero-order chi connectivity index (χ0) is 11.4. The Balaban J connectivity index is 1.90. The zero-order valence-electron chi connectivity index (χ0n) is 8.47. The summed E-state index contributed by atoms with van der Waals surface area (Å²) in [6.07, 6.45) is -0.457. The smallest absolute Gasteiger partial charge is 0.123 e. The van der Waals surface area contributed by atoms with Crippen molar-refractivity contribution in [3.63, 3.8) is 0 Å². The van der Waals surface area contributed by atoms with Crippen LogP contribution < -0.4 is 0 Å². The van der Waals surface area contributed by atoms with E-state index in [9.17, 15) is 9.50 Å². The monoisotopic (exact) mass is 254 g/mol. The van der Waals surface area contributed by atoms with Crippen LogP contribution in [0.1, 0.15) is 11.7 Å². The van der Waals surface area contributed by atoms with Gasteiger partial charge in [-0.2, -0.15) is 11.3 Å². The average molecular weight is 254 g/mol. The van der Waals surface area contributed by atoms with Gasteiger partial charge in [-0.1, -0.05) is 0 Å². The molecule has 0 bridgehead atoms. The number of aliphatic hydroxyl groups excluding tert-OH is 1. The molecular weight excluding hydrogens is 243 g/mol. The first-order valence-corrected chi connectivity index (χ1v) is 6.77. The minimum Gasteiger partial charge on any atom is -0.388 e. The number of thioether (sulfide) groups is 1. The Kier molecular flexibility index (Phi) is 3.98. The highest BCUT2D eigenvalue weighted by atomic mass is 32.2. The van der Waals surface area contributed by atoms with Crippen molar-refractivity contribution >= 4 is 23.1 Å². The highest BCUT2D eigenvalue weighted by Gasteiger charge is 2.08. The van der Waals surface area contributed by atoms with Crippen LogP contribution in [-0.2, 0) is 0 Å². The van der Waals surface area contributed by atoms with Gasteiger partial charge in [-0.25, -0.2) is 4.39 Å². The SMILES string of the molecule is OC(CSc1ccc(F)cc1)c1ccsc1. The lowest BCUT2D eigenvalue weighted by Gasteiger charge is -2.08. The summed E-state index contributed by atoms with van der Waals surface area (Å²) in [5.74, 6) is 0.352. The fourth-order valence-corrected chi connectivity index (χ4v) is 2.85. The molecule has 1 N–H and O–H groups in total. The minimum atomic E-state index is -0.457. The van der Waals surface area contributed by atoms with Crippen LogP contribution in [0.15, 0.2) is 46.0 Å². The first-order valence-electron chi connectivity index (χ1n) is 4.84. The number of halogens is 1. The Labute approximate surface area is 102 Å². The maximum atomic E-state index is 12.7. The van der Waals surface area contributed by atoms with E-state index in [1.165, 1.54) is 23.9 Å². The molecule has 0 aliphatic heterocycles. The minimum absolute atomic E-state index is 0.234. The van der Waals surface area contributed by atoms with Gasteiger partial charge in [0.15, 0.2) is 0 Å². The van der Waals surface area contributed by atoms with Gasteiger partial charge in [0.25, 0.3) is 0 Å². The summed E-state index contributed by atoms with van der Waals surface area (Å²) in [6, 6.07) is 8.22. The number of benzene rings is 1. The molecule has 1 aromatic carbocycles. The van der Waals surface area contributed by atoms with Gasteiger partial charge in [0.2, 0.25) is 0 Å². The van der Waals surface area contributed by atoms with Gasteiger partial charge in [-0.15, -0.1) is 11.8 Å². The fraction of sp³-hybridized carbons (Fsp3) is 0.167. The van der Waals surface area contributed by atoms with Crippen LogP contribution in [0.2, 0.25) is 0 Å². The summed E-state index contributed by atoms with van der Waals surface area (Å²) < 4.78 is 12.7. The van der Waals surface area contributed by atoms with Crippen LogP contribution in [-0.4, -0.2) is 10.9 Å². The highest BCUT2D eigenvalue weighted by molar-refractivity contribution is 7.99. The number of hydrogen-bond acceptors (Lipinski definition) is 3. The second-order valence-electron chi connectivity index (χ2n) is 3.34. The molecule has 1 heterocycles. The summed E-state index contributed by atoms with van der Waals surface area (Å²) in [6.45, 7) is 0. The van der Waals surface area contributed by atoms with E-state index in [2.05, 4.69) is 0 Å². The van der Waals surface area contributed by atoms with Crippen molar-refractivity contribution in [2.24, 2.45) is 0 Å². The Morgan fingerprint density at radius 1 is 1.25 bits per heavy atom. The molecule has 0 saturated carbocycles. The molecule has 2 rings (SSSR count). The Morgan fingerprint density at radius 2 is 2.00 bits per heavy atom. The molecule has 0 saturated heterocycles. The van der Waals surface area contributed by atoms with Crippen molar-refractivity contribution in [2.45, 2.75) is 11.0 Å². The van der Waals surface area contributed by atoms with Crippen LogP contribution in [0.4, 0.5) is 4.39 Å². The highest BCUT2D eigenvalue weighted by Crippen LogP contribution is 2.25. The predicted molar refractivity (Wildman–Crippen MR) is 66.4 cm³/mol. The number of aliphatic hydroxyl groups is 1. The van der Waals surface area contributed by atoms with E-state index in [0.29, 0.717) is 5.75 Å². The molecule has 0 aliphatic rings. The number of hydrogen-bond donors (Lipinski definition) is 1. The van der Waals surface area contributed by atoms with Crippen molar-refractivity contribution in [2.75, 3.05) is 5.75 Å². The van der Waals surface area contributed by atoms with Gasteiger partial charge >= 0.3 is 0 Å². The van der Waals surface area contributed by atoms with E-state index in [4.69, 9.17) is 0 Å². The van der Waals surface area contributed by atoms with Crippen molar-refractivity contribution < 1.29 is 9.50 Å². The Hall–Kier alpha value is -0.840. The quantitative estimate of drug-likeness (QED) is 0.839. The summed E-state index contributed by atoms with van der Waals surface area (Å²) >= 11 is 3.10. The first kappa shape index (κ1) is 11.6. The largest absolute Gasteiger partial charge is 0.388 e. The van der Waals surface area contributed by atoms with Crippen LogP contribution >= 0.6 is 23.1 Å². The second kappa shape index (κ2) is 5.48. The van der Waals surface area contributed by atoms with Crippen LogP contribution in [0, 0.1) is 5.82 Å². The van der Waals surface area contributed by atoms with E-state index < -0.39 is 6.10 Å². The summed E-state index contributed by atoms with van der Waals surface area (Å²) in [4.78, 5) is 0.968. The van der Waals surface area contributed by atoms with Crippen molar-refractivity contribution in [3.05, 3.63) is 52.5 Å². The Morgan fingerprint density at radius 3 is 2.62 bits per heavy atom. The van der Waals surface area contributed by atoms with E-state index in [1.54, 1.807) is 23.5 Å². The van der Waals surface area contributed by atoms with Gasteiger partial charge < -0.3 is 5.11 Å². The molecule has 0 radical (unpaired) electrons. The van der Waals surface area contributed by atoms with Crippen LogP contribution in [0.3, 0.4) is 0 Å². The molecule has 1 unspecified atom stereocenters. The van der Waals surface area contributed by atoms with Gasteiger partial charge in [-0.3, -0.25) is 0 Å². The lowest BCUT2D eigenvalue weighted by molar-refractivity contribution is 0.204. The molecule has 0 amide bonds. The third-order valence-electron chi connectivity index (χ3n) is 2.15. The number of thiophene rings is 1. The number of rotatable bonds is 4. The van der Waals surface area contributed by atoms with Gasteiger partial charge in [0, 0.05) is 10.6 Å². The summed E-state index contributed by atoms with van der Waals surface area (Å²) in [5.41, 5.74) is 0.944. The third-order valence-corrected chi connectivity index (χ3v) is 3.94. The second-order valence-corrected chi connectivity index (χ2v) is 5.21. The normalized spacial score (nSPS) is 12.6. The molecular formula is C12H11FOS2. The first-order chi connectivity index (χ1) is 7.75. The maximum Gasteiger partial charge on any atom is 0.123 e. The van der Waals surface area contributed by atoms with Gasteiger partial charge in [-0.05, 0) is 46.7 Å². The lowest BCUT2D eigenvalue weighted by atomic mass is 10.2. The molecule has 0 aliphatic carbocycles. The molecule has 2 aromatic rings. The summed E-state index contributed by atoms with van der Waals surface area (Å²) in [7, 11) is 0. The van der Waals surface area contributed by atoms with Crippen LogP contribution in [0.5, 0.6) is 0 Å². The molecule has 0 spiro atoms. The van der Waals surface area contributed by atoms with Crippen molar-refractivity contribution in [3.8, 4) is 0 Å². The molecule has 0 fully saturated rings. The predicted octanol–water partition coefficient (Wildman–Crippen LogP) is 3.71. The third kappa shape index (κ3) is 3.07. The maximum absolute atomic E-state index is 12.7. The van der Waals surface area contributed by atoms with Crippen molar-refractivity contribution in [1.82, 2.24) is 0 Å². The molecule has 1 atom stereocenters. The average Bonchev–Trinajstić information content (AvgIpc) is 2.81. The lowest BCUT2D eigenvalue weighted by Crippen LogP contribution is -1.98. The van der Waals surface area contributed by atoms with E-state index in [1.807, 2.05) is 16.8 Å². The molecule has 1 aromatic heterocycles. The molecule has 84 valence electrons. The van der Waals surface area contributed by atoms with Crippen molar-refractivity contribution in [1.29, 1.82) is 0 Å². The Bertz CT molecular complexity index is 425. The topological polar surface area (TPSA) is 20.2 Å². The van der Waals surface area contributed by atoms with Gasteiger partial charge in [0.05, 0.1) is 6.10 Å². The molecule has 1 nitrogen and oxygen atoms in total. The van der Waals surface area contributed by atoms with E-state index in [-0.39, 0.29) is 5.82 Å². The van der Waals surface area contributed by atoms with E-state index >= 15 is 0 Å². The molecule has 4 heteroatoms. The summed E-state index contributed by atoms with van der Waals surface area (Å²) in [5, 5.41) is 13.7. The van der Waals surface area contributed by atoms with E-state index in [0.717, 1.165) is 10.5 Å². The standard InChI is InChI=1S/C12H11FOS2/c13-10-1-3-11(4-2-10)16-8-12(14)9-5-6-15-7-9/h1-7,12,14H,8H2.